The van der Waals surface area contributed by atoms with Crippen molar-refractivity contribution in [1.29, 1.82) is 0 Å². The number of piperazine rings is 1. The zero-order chi connectivity index (χ0) is 73.1. The molecule has 0 bridgehead atoms. The molecule has 2 amide bonds. The topological polar surface area (TPSA) is 207 Å². The number of nitrogens with one attached hydrogen (secondary N) is 11. The minimum Gasteiger partial charge on any atom is -0.448 e. The number of piperidine rings is 1. The normalized spacial score (nSPS) is 17.3. The van der Waals surface area contributed by atoms with E-state index in [1.807, 2.05) is 176 Å². The number of morpholine rings is 1. The third-order valence-electron chi connectivity index (χ3n) is 12.4. The summed E-state index contributed by atoms with van der Waals surface area (Å²) in [5.41, 5.74) is 0. The second kappa shape index (κ2) is 170. The molecule has 1 atom stereocenters. The number of likely N-dealkylation sites (N-methyl/N-ethyl adjacent to an activating group) is 1. The number of hydrogen-bond donors (Lipinski definition) is 11. The van der Waals surface area contributed by atoms with Crippen LogP contribution < -0.4 is 58.5 Å². The number of ether oxygens (including phenoxy) is 4. The van der Waals surface area contributed by atoms with E-state index < -0.39 is 0 Å². The number of carbonyl (C=O) groups excluding carboxylic acids is 2. The molecule has 10 aliphatic heterocycles. The van der Waals surface area contributed by atoms with Crippen LogP contribution in [0.15, 0.2) is 24.7 Å². The maximum absolute atomic E-state index is 10.3. The molecule has 11 N–H and O–H groups in total. The number of carbonyl (C=O) groups is 2. The quantitative estimate of drug-likeness (QED) is 0.109. The summed E-state index contributed by atoms with van der Waals surface area (Å²) < 4.78 is 19.0. The van der Waals surface area contributed by atoms with Crippen LogP contribution in [-0.2, 0) is 18.9 Å². The first-order chi connectivity index (χ1) is 46.5. The van der Waals surface area contributed by atoms with Crippen LogP contribution in [0.1, 0.15) is 355 Å². The smallest absolute Gasteiger partial charge is 0.409 e. The van der Waals surface area contributed by atoms with Crippen molar-refractivity contribution in [3.63, 3.8) is 0 Å². The lowest BCUT2D eigenvalue weighted by molar-refractivity contribution is -0.0221. The molecule has 104 heavy (non-hydrogen) atoms. The van der Waals surface area contributed by atoms with E-state index in [0.717, 1.165) is 111 Å². The van der Waals surface area contributed by atoms with E-state index in [4.69, 9.17) is 9.47 Å². The van der Waals surface area contributed by atoms with Crippen molar-refractivity contribution in [2.75, 3.05) is 163 Å². The molecule has 8 saturated heterocycles. The monoisotopic (exact) mass is 1530 g/mol. The van der Waals surface area contributed by atoms with Crippen molar-refractivity contribution >= 4 is 23.9 Å². The molecule has 3 saturated carbocycles. The predicted octanol–water partition coefficient (Wildman–Crippen LogP) is 22.8. The van der Waals surface area contributed by atoms with Gasteiger partial charge in [0.05, 0.1) is 46.2 Å². The van der Waals surface area contributed by atoms with Crippen molar-refractivity contribution in [3.05, 3.63) is 24.7 Å². The largest absolute Gasteiger partial charge is 0.448 e. The summed E-state index contributed by atoms with van der Waals surface area (Å²) in [5, 5.41) is 33.8. The van der Waals surface area contributed by atoms with Crippen LogP contribution in [0.2, 0.25) is 0 Å². The van der Waals surface area contributed by atoms with Crippen LogP contribution >= 0.6 is 11.8 Å². The Bertz CT molecular complexity index is 1050. The van der Waals surface area contributed by atoms with Crippen molar-refractivity contribution in [2.24, 2.45) is 5.92 Å². The Balaban J connectivity index is -0.0000000397. The summed E-state index contributed by atoms with van der Waals surface area (Å²) in [7, 11) is 1.72. The number of amides is 2. The van der Waals surface area contributed by atoms with Crippen LogP contribution in [0, 0.1) is 5.92 Å². The van der Waals surface area contributed by atoms with Crippen LogP contribution in [-0.4, -0.2) is 186 Å². The molecule has 0 aromatic carbocycles. The zero-order valence-electron chi connectivity index (χ0n) is 67.4. The van der Waals surface area contributed by atoms with Crippen molar-refractivity contribution in [2.45, 2.75) is 361 Å². The number of hydrogen-bond acceptors (Lipinski definition) is 17. The van der Waals surface area contributed by atoms with Gasteiger partial charge in [-0.05, 0) is 51.9 Å². The maximum atomic E-state index is 10.3. The minimum atomic E-state index is -0.299. The van der Waals surface area contributed by atoms with E-state index in [2.05, 4.69) is 81.0 Å². The number of rotatable bonds is 0. The van der Waals surface area contributed by atoms with Crippen LogP contribution in [0.4, 0.5) is 9.59 Å². The molecule has 0 spiro atoms. The Kier molecular flexibility index (Phi) is 252. The molecule has 0 radical (unpaired) electrons. The number of alkyl carbamates (subject to hydrolysis) is 1. The molecule has 1 unspecified atom stereocenters. The summed E-state index contributed by atoms with van der Waals surface area (Å²) in [6.07, 6.45) is 36.8. The van der Waals surface area contributed by atoms with Gasteiger partial charge in [-0.3, -0.25) is 0 Å². The highest BCUT2D eigenvalue weighted by Crippen LogP contribution is 2.16. The van der Waals surface area contributed by atoms with Crippen molar-refractivity contribution in [3.8, 4) is 0 Å². The Labute approximate surface area is 667 Å². The van der Waals surface area contributed by atoms with Gasteiger partial charge in [0, 0.05) is 116 Å². The van der Waals surface area contributed by atoms with E-state index in [9.17, 15) is 9.59 Å². The second-order valence-electron chi connectivity index (χ2n) is 19.7. The van der Waals surface area contributed by atoms with E-state index >= 15 is 0 Å². The summed E-state index contributed by atoms with van der Waals surface area (Å²) in [5.74, 6) is 3.45. The lowest BCUT2D eigenvalue weighted by Gasteiger charge is -2.20. The van der Waals surface area contributed by atoms with Crippen LogP contribution in [0.5, 0.6) is 0 Å². The van der Waals surface area contributed by atoms with E-state index in [1.54, 1.807) is 11.9 Å². The fourth-order valence-electron chi connectivity index (χ4n) is 7.72. The van der Waals surface area contributed by atoms with Crippen LogP contribution in [0.3, 0.4) is 0 Å². The summed E-state index contributed by atoms with van der Waals surface area (Å²) in [6.45, 7) is 66.6. The SMILES string of the molecule is C.C.C.C.C.C.C.C.C.C.C1=CNCCC1.C1=CNCN1.C1CCCC1.C1CCCC1.C1CCCC1.C1CCNCC1.C1CNCCN1.C1CNCN1.C1COCCN1.C1CSCCN1.CC.CC.CC.CC.CC.CC.CC.CC.CC.CC.CC1CNC(=O)O1.CC1COC1.CN1CCOC1=O. The predicted molar refractivity (Wildman–Crippen MR) is 492 cm³/mol. The number of thioether (sulfide) groups is 1. The fraction of sp³-hybridized carbons (Fsp3) is 0.929. The average Bonchev–Trinajstić information content (AvgIpc) is 1.98. The molecule has 0 aromatic heterocycles. The van der Waals surface area contributed by atoms with Gasteiger partial charge in [-0.1, -0.05) is 328 Å². The molecule has 18 nitrogen and oxygen atoms in total. The molecule has 13 rings (SSSR count). The van der Waals surface area contributed by atoms with E-state index in [0.29, 0.717) is 13.2 Å². The first-order valence-corrected chi connectivity index (χ1v) is 40.6. The second-order valence-corrected chi connectivity index (χ2v) is 20.9. The molecule has 19 heteroatoms. The summed E-state index contributed by atoms with van der Waals surface area (Å²) in [6, 6.07) is 0. The Morgan fingerprint density at radius 3 is 0.788 bits per heavy atom. The molecule has 656 valence electrons. The number of cyclic esters (lactones) is 2. The first-order valence-electron chi connectivity index (χ1n) is 39.5. The molecule has 11 fully saturated rings. The van der Waals surface area contributed by atoms with Gasteiger partial charge < -0.3 is 82.3 Å². The molecule has 13 aliphatic rings. The van der Waals surface area contributed by atoms with E-state index in [-0.39, 0.29) is 92.6 Å². The Morgan fingerprint density at radius 2 is 0.692 bits per heavy atom. The maximum Gasteiger partial charge on any atom is 0.409 e. The van der Waals surface area contributed by atoms with Gasteiger partial charge in [-0.15, -0.1) is 0 Å². The highest BCUT2D eigenvalue weighted by Gasteiger charge is 2.17. The average molecular weight is 1530 g/mol. The van der Waals surface area contributed by atoms with Gasteiger partial charge >= 0.3 is 12.2 Å². The molecular formula is C85H214N12O6S. The molecular weight excluding hydrogens is 1320 g/mol. The highest BCUT2D eigenvalue weighted by atomic mass is 32.2. The lowest BCUT2D eigenvalue weighted by atomic mass is 10.2. The summed E-state index contributed by atoms with van der Waals surface area (Å²) >= 11 is 2.03. The van der Waals surface area contributed by atoms with Crippen LogP contribution in [0.25, 0.3) is 0 Å². The third kappa shape index (κ3) is 161. The standard InChI is InChI=1S/C5H11N.C5H9N.3C5H10.C4H10N2.2C4H7NO2.C4H9NO.C4H9NS.C4H8O.C3H8N2.C3H6N2.10C2H6.10CH4/c2*1-2-4-6-5-3-1;3*1-2-4-5-3-1;1-2-6-4-3-5-1;1-5-2-3-7-4(5)6;1-3-2-5-4(6)7-3;2*1-3-6-4-2-5-1;1-4-2-5-3-4;2*1-2-5-3-4-1;10*1-2;;;;;;;;;;/h6H,1-5H2;2,4,6H,1,3,5H2;3*1-5H2;5-6H,1-4H2;2-3H2,1H3;3H,2H2,1H3,(H,5,6);2*5H,1-4H2;4H,2-3H2,1H3;4-5H,1-3H2;1-2,4-5H,3H2;10*1-2H3;10*1H4. The lowest BCUT2D eigenvalue weighted by Crippen LogP contribution is -2.39. The van der Waals surface area contributed by atoms with Crippen molar-refractivity contribution in [1.82, 2.24) is 63.4 Å². The van der Waals surface area contributed by atoms with Crippen molar-refractivity contribution < 1.29 is 28.5 Å². The van der Waals surface area contributed by atoms with Gasteiger partial charge in [0.2, 0.25) is 0 Å². The van der Waals surface area contributed by atoms with Gasteiger partial charge in [0.25, 0.3) is 0 Å². The number of allylic oxidation sites excluding steroid dienone is 1. The zero-order valence-corrected chi connectivity index (χ0v) is 68.2. The first kappa shape index (κ1) is 154. The summed E-state index contributed by atoms with van der Waals surface area (Å²) in [4.78, 5) is 21.9. The molecule has 0 aromatic rings. The Morgan fingerprint density at radius 1 is 0.365 bits per heavy atom. The molecule has 10 heterocycles. The highest BCUT2D eigenvalue weighted by molar-refractivity contribution is 7.99. The van der Waals surface area contributed by atoms with E-state index in [1.165, 1.54) is 166 Å². The van der Waals surface area contributed by atoms with Gasteiger partial charge in [0.1, 0.15) is 12.7 Å². The fourth-order valence-corrected chi connectivity index (χ4v) is 8.50. The number of nitrogens with zero attached hydrogens (tertiary/aromatic N) is 1. The molecule has 3 aliphatic carbocycles. The van der Waals surface area contributed by atoms with Gasteiger partial charge in [-0.25, -0.2) is 9.59 Å². The third-order valence-corrected chi connectivity index (χ3v) is 13.4. The van der Waals surface area contributed by atoms with Gasteiger partial charge in [0.15, 0.2) is 0 Å². The van der Waals surface area contributed by atoms with Gasteiger partial charge in [-0.2, -0.15) is 11.8 Å². The Hall–Kier alpha value is -2.59. The minimum absolute atomic E-state index is 0.